The first-order valence-electron chi connectivity index (χ1n) is 8.11. The highest BCUT2D eigenvalue weighted by Gasteiger charge is 2.11. The van der Waals surface area contributed by atoms with Gasteiger partial charge in [0.25, 0.3) is 0 Å². The van der Waals surface area contributed by atoms with Gasteiger partial charge in [-0.05, 0) is 61.8 Å². The molecule has 0 saturated heterocycles. The second-order valence-corrected chi connectivity index (χ2v) is 6.03. The maximum absolute atomic E-state index is 10.6. The van der Waals surface area contributed by atoms with Crippen LogP contribution >= 0.6 is 0 Å². The molecule has 0 radical (unpaired) electrons. The topological polar surface area (TPSA) is 37.3 Å². The molecule has 1 aromatic carbocycles. The van der Waals surface area contributed by atoms with Crippen LogP contribution in [0.4, 0.5) is 0 Å². The molecule has 1 aliphatic carbocycles. The summed E-state index contributed by atoms with van der Waals surface area (Å²) in [5.74, 6) is -0.912. The number of fused-ring (bicyclic) bond motifs is 1. The molecule has 1 N–H and O–H groups in total. The van der Waals surface area contributed by atoms with Crippen LogP contribution in [0, 0.1) is 0 Å². The molecular weight excluding hydrogens is 284 g/mol. The number of aryl methyl sites for hydroxylation is 1. The van der Waals surface area contributed by atoms with Gasteiger partial charge in [0.05, 0.1) is 0 Å². The van der Waals surface area contributed by atoms with E-state index in [2.05, 4.69) is 37.3 Å². The van der Waals surface area contributed by atoms with Crippen LogP contribution in [0.1, 0.15) is 44.2 Å². The molecule has 2 nitrogen and oxygen atoms in total. The van der Waals surface area contributed by atoms with Gasteiger partial charge in [0.15, 0.2) is 0 Å². The third-order valence-corrected chi connectivity index (χ3v) is 3.98. The van der Waals surface area contributed by atoms with Crippen LogP contribution in [0.5, 0.6) is 0 Å². The number of rotatable bonds is 4. The van der Waals surface area contributed by atoms with Crippen LogP contribution < -0.4 is 0 Å². The number of hydrogen-bond acceptors (Lipinski definition) is 1. The van der Waals surface area contributed by atoms with Crippen LogP contribution in [-0.4, -0.2) is 11.1 Å². The molecule has 23 heavy (non-hydrogen) atoms. The number of hydrogen-bond donors (Lipinski definition) is 1. The molecule has 0 aliphatic heterocycles. The Balaban J connectivity index is 2.19. The predicted molar refractivity (Wildman–Crippen MR) is 96.3 cm³/mol. The highest BCUT2D eigenvalue weighted by atomic mass is 16.4. The Labute approximate surface area is 138 Å². The molecule has 1 aliphatic rings. The average molecular weight is 308 g/mol. The minimum atomic E-state index is -0.912. The van der Waals surface area contributed by atoms with Crippen molar-refractivity contribution in [1.82, 2.24) is 0 Å². The van der Waals surface area contributed by atoms with E-state index in [0.717, 1.165) is 18.4 Å². The molecule has 0 amide bonds. The van der Waals surface area contributed by atoms with Gasteiger partial charge in [0, 0.05) is 6.08 Å². The number of carbonyl (C=O) groups is 1. The quantitative estimate of drug-likeness (QED) is 0.464. The van der Waals surface area contributed by atoms with Gasteiger partial charge in [0.2, 0.25) is 0 Å². The third kappa shape index (κ3) is 5.41. The standard InChI is InChI=1S/C21H24O2/c1-16(8-7-9-17(2)15-21(22)23)14-19-12-4-3-10-18-11-5-6-13-20(18)19/h5-9,11,13-15H,3-4,10,12H2,1-2H3,(H,22,23)/b9-7+,16-8-,17-15+,19-14+. The molecule has 2 rings (SSSR count). The van der Waals surface area contributed by atoms with Gasteiger partial charge in [-0.15, -0.1) is 0 Å². The molecule has 0 spiro atoms. The first-order valence-corrected chi connectivity index (χ1v) is 8.11. The molecule has 2 heteroatoms. The molecule has 0 saturated carbocycles. The van der Waals surface area contributed by atoms with Crippen LogP contribution in [0.2, 0.25) is 0 Å². The van der Waals surface area contributed by atoms with Gasteiger partial charge in [-0.3, -0.25) is 0 Å². The zero-order valence-corrected chi connectivity index (χ0v) is 13.9. The van der Waals surface area contributed by atoms with Crippen LogP contribution in [-0.2, 0) is 11.2 Å². The SMILES string of the molecule is CC(=C/C=C/C(C)=C/C(=O)O)/C=C1\CCCCc2ccccc21. The van der Waals surface area contributed by atoms with Gasteiger partial charge >= 0.3 is 5.97 Å². The fourth-order valence-electron chi connectivity index (χ4n) is 2.88. The van der Waals surface area contributed by atoms with Crippen molar-refractivity contribution in [2.75, 3.05) is 0 Å². The first-order chi connectivity index (χ1) is 11.1. The van der Waals surface area contributed by atoms with Gasteiger partial charge < -0.3 is 5.11 Å². The zero-order valence-electron chi connectivity index (χ0n) is 13.9. The van der Waals surface area contributed by atoms with Crippen molar-refractivity contribution in [2.45, 2.75) is 39.5 Å². The average Bonchev–Trinajstić information content (AvgIpc) is 2.69. The van der Waals surface area contributed by atoms with Crippen molar-refractivity contribution >= 4 is 11.5 Å². The maximum Gasteiger partial charge on any atom is 0.328 e. The largest absolute Gasteiger partial charge is 0.478 e. The third-order valence-electron chi connectivity index (χ3n) is 3.98. The molecule has 0 aromatic heterocycles. The molecular formula is C21H24O2. The van der Waals surface area contributed by atoms with E-state index in [1.807, 2.05) is 18.2 Å². The van der Waals surface area contributed by atoms with E-state index in [1.165, 1.54) is 41.2 Å². The fraction of sp³-hybridized carbons (Fsp3) is 0.286. The van der Waals surface area contributed by atoms with E-state index in [9.17, 15) is 4.79 Å². The van der Waals surface area contributed by atoms with Gasteiger partial charge in [-0.25, -0.2) is 4.79 Å². The Hall–Kier alpha value is -2.35. The highest BCUT2D eigenvalue weighted by molar-refractivity contribution is 5.81. The van der Waals surface area contributed by atoms with E-state index < -0.39 is 5.97 Å². The number of allylic oxidation sites excluding steroid dienone is 7. The summed E-state index contributed by atoms with van der Waals surface area (Å²) in [4.78, 5) is 10.6. The zero-order chi connectivity index (χ0) is 16.7. The van der Waals surface area contributed by atoms with Crippen molar-refractivity contribution in [3.63, 3.8) is 0 Å². The van der Waals surface area contributed by atoms with E-state index in [-0.39, 0.29) is 0 Å². The summed E-state index contributed by atoms with van der Waals surface area (Å²) in [6.45, 7) is 3.87. The maximum atomic E-state index is 10.6. The highest BCUT2D eigenvalue weighted by Crippen LogP contribution is 2.30. The molecule has 0 atom stereocenters. The Morgan fingerprint density at radius 3 is 2.61 bits per heavy atom. The Bertz CT molecular complexity index is 688. The lowest BCUT2D eigenvalue weighted by Crippen LogP contribution is -1.89. The van der Waals surface area contributed by atoms with Gasteiger partial charge in [0.1, 0.15) is 0 Å². The summed E-state index contributed by atoms with van der Waals surface area (Å²) in [5, 5.41) is 8.69. The van der Waals surface area contributed by atoms with E-state index >= 15 is 0 Å². The lowest BCUT2D eigenvalue weighted by atomic mass is 9.97. The van der Waals surface area contributed by atoms with E-state index in [1.54, 1.807) is 6.92 Å². The lowest BCUT2D eigenvalue weighted by Gasteiger charge is -2.08. The normalized spacial score (nSPS) is 18.1. The number of carboxylic acid groups (broad SMARTS) is 1. The van der Waals surface area contributed by atoms with Crippen LogP contribution in [0.25, 0.3) is 5.57 Å². The molecule has 0 unspecified atom stereocenters. The Kier molecular flexibility index (Phi) is 6.16. The van der Waals surface area contributed by atoms with Crippen molar-refractivity contribution < 1.29 is 9.90 Å². The molecule has 0 heterocycles. The molecule has 1 aromatic rings. The van der Waals surface area contributed by atoms with Crippen molar-refractivity contribution in [3.05, 3.63) is 76.9 Å². The second-order valence-electron chi connectivity index (χ2n) is 6.03. The number of carboxylic acids is 1. The number of aliphatic carboxylic acids is 1. The summed E-state index contributed by atoms with van der Waals surface area (Å²) < 4.78 is 0. The summed E-state index contributed by atoms with van der Waals surface area (Å²) in [7, 11) is 0. The molecule has 0 bridgehead atoms. The summed E-state index contributed by atoms with van der Waals surface area (Å²) >= 11 is 0. The second kappa shape index (κ2) is 8.33. The van der Waals surface area contributed by atoms with E-state index in [0.29, 0.717) is 0 Å². The minimum Gasteiger partial charge on any atom is -0.478 e. The van der Waals surface area contributed by atoms with Crippen molar-refractivity contribution in [2.24, 2.45) is 0 Å². The summed E-state index contributed by atoms with van der Waals surface area (Å²) in [5.41, 5.74) is 6.13. The smallest absolute Gasteiger partial charge is 0.328 e. The first kappa shape index (κ1) is 17.0. The minimum absolute atomic E-state index is 0.731. The van der Waals surface area contributed by atoms with Crippen LogP contribution in [0.15, 0.2) is 65.8 Å². The lowest BCUT2D eigenvalue weighted by molar-refractivity contribution is -0.131. The van der Waals surface area contributed by atoms with Gasteiger partial charge in [-0.1, -0.05) is 54.1 Å². The monoisotopic (exact) mass is 308 g/mol. The molecule has 120 valence electrons. The molecule has 0 fully saturated rings. The summed E-state index contributed by atoms with van der Waals surface area (Å²) in [6.07, 6.45) is 14.0. The predicted octanol–water partition coefficient (Wildman–Crippen LogP) is 5.33. The number of benzene rings is 1. The van der Waals surface area contributed by atoms with Crippen LogP contribution in [0.3, 0.4) is 0 Å². The van der Waals surface area contributed by atoms with E-state index in [4.69, 9.17) is 5.11 Å². The Morgan fingerprint density at radius 2 is 1.83 bits per heavy atom. The fourth-order valence-corrected chi connectivity index (χ4v) is 2.88. The van der Waals surface area contributed by atoms with Crippen molar-refractivity contribution in [3.8, 4) is 0 Å². The van der Waals surface area contributed by atoms with Crippen molar-refractivity contribution in [1.29, 1.82) is 0 Å². The summed E-state index contributed by atoms with van der Waals surface area (Å²) in [6, 6.07) is 8.67. The van der Waals surface area contributed by atoms with Gasteiger partial charge in [-0.2, -0.15) is 0 Å². The Morgan fingerprint density at radius 1 is 1.09 bits per heavy atom.